The summed E-state index contributed by atoms with van der Waals surface area (Å²) in [6.07, 6.45) is 6.37. The van der Waals surface area contributed by atoms with Crippen LogP contribution in [0.25, 0.3) is 0 Å². The van der Waals surface area contributed by atoms with Crippen molar-refractivity contribution in [3.8, 4) is 0 Å². The fraction of sp³-hybridized carbons (Fsp3) is 0.733. The topological polar surface area (TPSA) is 86.7 Å². The van der Waals surface area contributed by atoms with Crippen LogP contribution in [0.1, 0.15) is 87.5 Å². The molecule has 0 aromatic heterocycles. The van der Waals surface area contributed by atoms with E-state index in [0.717, 1.165) is 25.7 Å². The zero-order chi connectivity index (χ0) is 26.9. The third-order valence-corrected chi connectivity index (χ3v) is 11.0. The van der Waals surface area contributed by atoms with Gasteiger partial charge in [0.2, 0.25) is 0 Å². The quantitative estimate of drug-likeness (QED) is 0.345. The Balaban J connectivity index is 1.93. The number of allylic oxidation sites excluding steroid dienone is 2. The van der Waals surface area contributed by atoms with Crippen LogP contribution in [-0.4, -0.2) is 36.7 Å². The Kier molecular flexibility index (Phi) is 6.25. The van der Waals surface area contributed by atoms with Gasteiger partial charge in [-0.25, -0.2) is 0 Å². The number of carbonyl (C=O) groups excluding carboxylic acids is 4. The highest BCUT2D eigenvalue weighted by Crippen LogP contribution is 2.67. The Morgan fingerprint density at radius 3 is 1.56 bits per heavy atom. The maximum absolute atomic E-state index is 13.7. The number of carbonyl (C=O) groups is 4. The lowest BCUT2D eigenvalue weighted by Gasteiger charge is -2.31. The fourth-order valence-electron chi connectivity index (χ4n) is 7.79. The SMILES string of the molecule is CCOC(=O)CC(/C=C1\C(=O)[C@]2(C)CC[C@H]1C2(C)C)(/C=C1\C(=O)[C@@]2(C)CC[C@H]1C2(C)C)C(=O)OCC. The standard InChI is InChI=1S/C30H42O6/c1-9-35-22(31)17-30(25(34)36-10-2,15-18-20-11-13-28(7,23(18)32)26(20,3)4)16-19-21-12-14-29(8,24(19)33)27(21,5)6/h15-16,20-21H,9-14,17H2,1-8H3/b18-15-,19-16-/t20-,21-,28-,29+,30?/m1/s1. The Bertz CT molecular complexity index is 1010. The maximum Gasteiger partial charge on any atom is 0.320 e. The molecule has 36 heavy (non-hydrogen) atoms. The number of esters is 2. The zero-order valence-corrected chi connectivity index (χ0v) is 23.2. The summed E-state index contributed by atoms with van der Waals surface area (Å²) in [5.74, 6) is -1.14. The van der Waals surface area contributed by atoms with Crippen molar-refractivity contribution in [2.75, 3.05) is 13.2 Å². The molecule has 198 valence electrons. The molecule has 0 amide bonds. The summed E-state index contributed by atoms with van der Waals surface area (Å²) < 4.78 is 10.8. The van der Waals surface area contributed by atoms with Crippen molar-refractivity contribution < 1.29 is 28.7 Å². The summed E-state index contributed by atoms with van der Waals surface area (Å²) in [5, 5.41) is 0. The summed E-state index contributed by atoms with van der Waals surface area (Å²) in [7, 11) is 0. The van der Waals surface area contributed by atoms with Crippen LogP contribution in [0.3, 0.4) is 0 Å². The third kappa shape index (κ3) is 3.35. The summed E-state index contributed by atoms with van der Waals surface area (Å²) in [6.45, 7) is 16.2. The normalized spacial score (nSPS) is 37.6. The lowest BCUT2D eigenvalue weighted by molar-refractivity contribution is -0.156. The van der Waals surface area contributed by atoms with Crippen LogP contribution in [0.2, 0.25) is 0 Å². The Labute approximate surface area is 215 Å². The largest absolute Gasteiger partial charge is 0.466 e. The number of ketones is 2. The van der Waals surface area contributed by atoms with E-state index in [2.05, 4.69) is 27.7 Å². The number of fused-ring (bicyclic) bond motifs is 4. The number of hydrogen-bond acceptors (Lipinski definition) is 6. The summed E-state index contributed by atoms with van der Waals surface area (Å²) in [6, 6.07) is 0. The molecule has 4 aliphatic rings. The summed E-state index contributed by atoms with van der Waals surface area (Å²) in [5.41, 5.74) is -1.95. The summed E-state index contributed by atoms with van der Waals surface area (Å²) >= 11 is 0. The van der Waals surface area contributed by atoms with Crippen molar-refractivity contribution in [3.05, 3.63) is 23.3 Å². The van der Waals surface area contributed by atoms with E-state index in [1.54, 1.807) is 26.0 Å². The minimum Gasteiger partial charge on any atom is -0.466 e. The molecule has 4 fully saturated rings. The average molecular weight is 499 g/mol. The molecule has 4 aliphatic carbocycles. The van der Waals surface area contributed by atoms with Gasteiger partial charge in [-0.1, -0.05) is 53.7 Å². The highest BCUT2D eigenvalue weighted by molar-refractivity contribution is 6.07. The van der Waals surface area contributed by atoms with Gasteiger partial charge >= 0.3 is 11.9 Å². The van der Waals surface area contributed by atoms with Crippen molar-refractivity contribution in [1.29, 1.82) is 0 Å². The lowest BCUT2D eigenvalue weighted by atomic mass is 9.70. The minimum absolute atomic E-state index is 0.0194. The minimum atomic E-state index is -1.58. The molecule has 1 unspecified atom stereocenters. The first-order valence-electron chi connectivity index (χ1n) is 13.5. The van der Waals surface area contributed by atoms with Crippen LogP contribution in [0, 0.1) is 38.9 Å². The number of rotatable bonds is 7. The van der Waals surface area contributed by atoms with Gasteiger partial charge in [0.1, 0.15) is 5.41 Å². The maximum atomic E-state index is 13.7. The molecule has 4 bridgehead atoms. The first kappa shape index (κ1) is 26.8. The lowest BCUT2D eigenvalue weighted by Crippen LogP contribution is -2.36. The van der Waals surface area contributed by atoms with Gasteiger partial charge in [0, 0.05) is 10.8 Å². The van der Waals surface area contributed by atoms with Gasteiger partial charge in [0.05, 0.1) is 19.6 Å². The predicted molar refractivity (Wildman–Crippen MR) is 136 cm³/mol. The highest BCUT2D eigenvalue weighted by Gasteiger charge is 2.66. The molecule has 4 saturated carbocycles. The molecule has 4 rings (SSSR count). The Hall–Kier alpha value is -2.24. The van der Waals surface area contributed by atoms with Gasteiger partial charge in [0.25, 0.3) is 0 Å². The van der Waals surface area contributed by atoms with E-state index in [1.807, 2.05) is 13.8 Å². The first-order valence-corrected chi connectivity index (χ1v) is 13.5. The van der Waals surface area contributed by atoms with Crippen LogP contribution in [0.4, 0.5) is 0 Å². The molecule has 0 aromatic carbocycles. The molecule has 6 heteroatoms. The van der Waals surface area contributed by atoms with Crippen molar-refractivity contribution >= 4 is 23.5 Å². The molecule has 0 aromatic rings. The number of hydrogen-bond donors (Lipinski definition) is 0. The molecule has 0 heterocycles. The molecular weight excluding hydrogens is 456 g/mol. The predicted octanol–water partition coefficient (Wildman–Crippen LogP) is 5.39. The molecule has 0 spiro atoms. The van der Waals surface area contributed by atoms with E-state index in [0.29, 0.717) is 11.1 Å². The second kappa shape index (κ2) is 8.39. The molecule has 0 saturated heterocycles. The van der Waals surface area contributed by atoms with E-state index in [-0.39, 0.29) is 53.9 Å². The molecule has 0 N–H and O–H groups in total. The zero-order valence-electron chi connectivity index (χ0n) is 23.2. The average Bonchev–Trinajstić information content (AvgIpc) is 3.27. The van der Waals surface area contributed by atoms with Crippen LogP contribution in [-0.2, 0) is 28.7 Å². The van der Waals surface area contributed by atoms with Gasteiger partial charge in [-0.2, -0.15) is 0 Å². The van der Waals surface area contributed by atoms with Gasteiger partial charge < -0.3 is 9.47 Å². The van der Waals surface area contributed by atoms with Crippen LogP contribution >= 0.6 is 0 Å². The Morgan fingerprint density at radius 1 is 0.806 bits per heavy atom. The molecule has 0 radical (unpaired) electrons. The summed E-state index contributed by atoms with van der Waals surface area (Å²) in [4.78, 5) is 54.1. The smallest absolute Gasteiger partial charge is 0.320 e. The molecule has 5 atom stereocenters. The molecular formula is C30H42O6. The van der Waals surface area contributed by atoms with E-state index >= 15 is 0 Å². The second-order valence-corrected chi connectivity index (χ2v) is 12.9. The van der Waals surface area contributed by atoms with Gasteiger partial charge in [0.15, 0.2) is 11.6 Å². The van der Waals surface area contributed by atoms with Crippen LogP contribution in [0.5, 0.6) is 0 Å². The van der Waals surface area contributed by atoms with E-state index in [1.165, 1.54) is 0 Å². The molecule has 0 aliphatic heterocycles. The van der Waals surface area contributed by atoms with E-state index < -0.39 is 28.2 Å². The monoisotopic (exact) mass is 498 g/mol. The molecule has 6 nitrogen and oxygen atoms in total. The van der Waals surface area contributed by atoms with Crippen molar-refractivity contribution in [2.45, 2.75) is 87.5 Å². The number of Topliss-reactive ketones (excluding diaryl/α,β-unsaturated/α-hetero) is 2. The van der Waals surface area contributed by atoms with Crippen molar-refractivity contribution in [3.63, 3.8) is 0 Å². The third-order valence-electron chi connectivity index (χ3n) is 11.0. The second-order valence-electron chi connectivity index (χ2n) is 12.9. The van der Waals surface area contributed by atoms with Gasteiger partial charge in [-0.3, -0.25) is 19.2 Å². The van der Waals surface area contributed by atoms with Crippen LogP contribution < -0.4 is 0 Å². The highest BCUT2D eigenvalue weighted by atomic mass is 16.5. The fourth-order valence-corrected chi connectivity index (χ4v) is 7.79. The van der Waals surface area contributed by atoms with Crippen molar-refractivity contribution in [1.82, 2.24) is 0 Å². The van der Waals surface area contributed by atoms with Crippen molar-refractivity contribution in [2.24, 2.45) is 38.9 Å². The van der Waals surface area contributed by atoms with E-state index in [4.69, 9.17) is 9.47 Å². The Morgan fingerprint density at radius 2 is 1.22 bits per heavy atom. The van der Waals surface area contributed by atoms with Gasteiger partial charge in [-0.05, 0) is 73.3 Å². The van der Waals surface area contributed by atoms with Crippen LogP contribution in [0.15, 0.2) is 23.3 Å². The number of ether oxygens (including phenoxy) is 2. The van der Waals surface area contributed by atoms with Gasteiger partial charge in [-0.15, -0.1) is 0 Å². The van der Waals surface area contributed by atoms with E-state index in [9.17, 15) is 19.2 Å². The first-order chi connectivity index (χ1) is 16.6.